The maximum atomic E-state index is 13.7. The highest BCUT2D eigenvalue weighted by Gasteiger charge is 2.20. The van der Waals surface area contributed by atoms with Crippen LogP contribution in [0, 0.1) is 11.8 Å². The van der Waals surface area contributed by atoms with E-state index in [1.165, 1.54) is 19.3 Å². The first-order valence-electron chi connectivity index (χ1n) is 14.3. The zero-order valence-corrected chi connectivity index (χ0v) is 24.3. The molecule has 0 N–H and O–H groups in total. The van der Waals surface area contributed by atoms with Gasteiger partial charge in [0, 0.05) is 47.5 Å². The van der Waals surface area contributed by atoms with Crippen LogP contribution in [0.4, 0.5) is 0 Å². The maximum Gasteiger partial charge on any atom is 0.253 e. The number of rotatable bonds is 11. The van der Waals surface area contributed by atoms with Crippen LogP contribution in [0.15, 0.2) is 48.7 Å². The Morgan fingerprint density at radius 2 is 1.74 bits per heavy atom. The van der Waals surface area contributed by atoms with Gasteiger partial charge in [-0.15, -0.1) is 0 Å². The molecule has 0 saturated carbocycles. The highest BCUT2D eigenvalue weighted by atomic mass is 35.5. The van der Waals surface area contributed by atoms with Gasteiger partial charge in [0.2, 0.25) is 0 Å². The number of hydrogen-bond acceptors (Lipinski definition) is 3. The molecule has 204 valence electrons. The summed E-state index contributed by atoms with van der Waals surface area (Å²) in [5, 5.41) is 5.61. The minimum atomic E-state index is 0.0996. The number of pyridine rings is 1. The fourth-order valence-corrected chi connectivity index (χ4v) is 5.19. The Labute approximate surface area is 233 Å². The summed E-state index contributed by atoms with van der Waals surface area (Å²) in [6.07, 6.45) is 12.2. The second kappa shape index (κ2) is 13.4. The average molecular weight is 535 g/mol. The van der Waals surface area contributed by atoms with E-state index in [-0.39, 0.29) is 5.91 Å². The number of benzene rings is 1. The van der Waals surface area contributed by atoms with E-state index >= 15 is 0 Å². The van der Waals surface area contributed by atoms with Crippen molar-refractivity contribution in [2.45, 2.75) is 59.8 Å². The zero-order valence-electron chi connectivity index (χ0n) is 23.5. The topological polar surface area (TPSA) is 40.9 Å². The van der Waals surface area contributed by atoms with Gasteiger partial charge in [-0.2, -0.15) is 5.10 Å². The third-order valence-electron chi connectivity index (χ3n) is 7.35. The molecule has 2 aromatic heterocycles. The third-order valence-corrected chi connectivity index (χ3v) is 7.59. The summed E-state index contributed by atoms with van der Waals surface area (Å²) in [6, 6.07) is 11.8. The fraction of sp³-hybridized carbons (Fsp3) is 0.500. The van der Waals surface area contributed by atoms with Crippen molar-refractivity contribution >= 4 is 29.1 Å². The molecule has 1 aliphatic heterocycles. The van der Waals surface area contributed by atoms with Crippen molar-refractivity contribution in [2.75, 3.05) is 32.7 Å². The third kappa shape index (κ3) is 7.48. The van der Waals surface area contributed by atoms with Crippen LogP contribution < -0.4 is 0 Å². The summed E-state index contributed by atoms with van der Waals surface area (Å²) in [6.45, 7) is 13.6. The van der Waals surface area contributed by atoms with E-state index in [9.17, 15) is 4.79 Å². The standard InChI is InChI=1S/C32H43ClN4O/c1-24(2)13-19-36(20-14-25(3)4)32(38)27-15-21-37-30(23-27)29(12-9-18-35-16-6-5-7-17-35)31(34-37)26-10-8-11-28(33)22-26/h8-12,15,21-25H,5-7,13-14,16-20H2,1-4H3. The van der Waals surface area contributed by atoms with Gasteiger partial charge in [0.25, 0.3) is 5.91 Å². The minimum Gasteiger partial charge on any atom is -0.339 e. The van der Waals surface area contributed by atoms with Crippen LogP contribution in [-0.2, 0) is 0 Å². The van der Waals surface area contributed by atoms with E-state index in [1.807, 2.05) is 52.0 Å². The molecule has 3 aromatic rings. The summed E-state index contributed by atoms with van der Waals surface area (Å²) in [7, 11) is 0. The number of carbonyl (C=O) groups excluding carboxylic acids is 1. The van der Waals surface area contributed by atoms with Gasteiger partial charge in [0.15, 0.2) is 0 Å². The van der Waals surface area contributed by atoms with Crippen molar-refractivity contribution in [3.63, 3.8) is 0 Å². The lowest BCUT2D eigenvalue weighted by Gasteiger charge is -2.25. The summed E-state index contributed by atoms with van der Waals surface area (Å²) >= 11 is 6.35. The van der Waals surface area contributed by atoms with E-state index < -0.39 is 0 Å². The van der Waals surface area contributed by atoms with Gasteiger partial charge in [-0.05, 0) is 74.9 Å². The van der Waals surface area contributed by atoms with Gasteiger partial charge < -0.3 is 4.90 Å². The molecule has 0 aliphatic carbocycles. The first-order chi connectivity index (χ1) is 18.3. The molecule has 1 aromatic carbocycles. The molecule has 1 saturated heterocycles. The van der Waals surface area contributed by atoms with Crippen molar-refractivity contribution in [2.24, 2.45) is 11.8 Å². The molecule has 0 spiro atoms. The molecular formula is C32H43ClN4O. The predicted molar refractivity (Wildman–Crippen MR) is 160 cm³/mol. The summed E-state index contributed by atoms with van der Waals surface area (Å²) in [5.41, 5.74) is 4.53. The van der Waals surface area contributed by atoms with Gasteiger partial charge in [-0.1, -0.05) is 70.0 Å². The quantitative estimate of drug-likeness (QED) is 0.253. The van der Waals surface area contributed by atoms with Gasteiger partial charge in [-0.25, -0.2) is 4.52 Å². The van der Waals surface area contributed by atoms with Crippen LogP contribution in [0.2, 0.25) is 5.02 Å². The zero-order chi connectivity index (χ0) is 27.1. The molecule has 6 heteroatoms. The van der Waals surface area contributed by atoms with E-state index in [2.05, 4.69) is 44.7 Å². The van der Waals surface area contributed by atoms with Crippen molar-refractivity contribution in [1.82, 2.24) is 19.4 Å². The van der Waals surface area contributed by atoms with Crippen LogP contribution in [0.1, 0.15) is 75.7 Å². The number of fused-ring (bicyclic) bond motifs is 1. The lowest BCUT2D eigenvalue weighted by molar-refractivity contribution is 0.0741. The average Bonchev–Trinajstić information content (AvgIpc) is 3.26. The predicted octanol–water partition coefficient (Wildman–Crippen LogP) is 7.69. The molecule has 1 amide bonds. The Morgan fingerprint density at radius 1 is 1.03 bits per heavy atom. The van der Waals surface area contributed by atoms with Crippen LogP contribution in [0.3, 0.4) is 0 Å². The lowest BCUT2D eigenvalue weighted by atomic mass is 10.0. The van der Waals surface area contributed by atoms with E-state index in [0.29, 0.717) is 22.4 Å². The van der Waals surface area contributed by atoms with Gasteiger partial charge >= 0.3 is 0 Å². The Bertz CT molecular complexity index is 1230. The number of halogens is 1. The van der Waals surface area contributed by atoms with Gasteiger partial charge in [0.1, 0.15) is 5.69 Å². The number of likely N-dealkylation sites (tertiary alicyclic amines) is 1. The monoisotopic (exact) mass is 534 g/mol. The van der Waals surface area contributed by atoms with Crippen molar-refractivity contribution < 1.29 is 4.79 Å². The number of nitrogens with zero attached hydrogens (tertiary/aromatic N) is 4. The molecule has 0 radical (unpaired) electrons. The first kappa shape index (κ1) is 28.4. The number of carbonyl (C=O) groups is 1. The van der Waals surface area contributed by atoms with Crippen LogP contribution in [0.5, 0.6) is 0 Å². The molecule has 0 unspecified atom stereocenters. The highest BCUT2D eigenvalue weighted by Crippen LogP contribution is 2.30. The Balaban J connectivity index is 1.69. The second-order valence-electron chi connectivity index (χ2n) is 11.4. The maximum absolute atomic E-state index is 13.7. The summed E-state index contributed by atoms with van der Waals surface area (Å²) < 4.78 is 1.89. The Kier molecular flexibility index (Phi) is 10.0. The molecule has 0 bridgehead atoms. The largest absolute Gasteiger partial charge is 0.339 e. The molecule has 38 heavy (non-hydrogen) atoms. The van der Waals surface area contributed by atoms with Crippen molar-refractivity contribution in [3.05, 3.63) is 64.8 Å². The normalized spacial score (nSPS) is 14.8. The lowest BCUT2D eigenvalue weighted by Crippen LogP contribution is -2.34. The van der Waals surface area contributed by atoms with Crippen molar-refractivity contribution in [3.8, 4) is 11.3 Å². The first-order valence-corrected chi connectivity index (χ1v) is 14.7. The van der Waals surface area contributed by atoms with E-state index in [1.54, 1.807) is 0 Å². The Morgan fingerprint density at radius 3 is 2.39 bits per heavy atom. The summed E-state index contributed by atoms with van der Waals surface area (Å²) in [5.74, 6) is 1.21. The molecule has 1 fully saturated rings. The van der Waals surface area contributed by atoms with Crippen LogP contribution in [-0.4, -0.2) is 58.0 Å². The molecule has 3 heterocycles. The van der Waals surface area contributed by atoms with Gasteiger partial charge in [-0.3, -0.25) is 9.69 Å². The molecule has 0 atom stereocenters. The number of hydrogen-bond donors (Lipinski definition) is 0. The number of piperidine rings is 1. The molecule has 1 aliphatic rings. The van der Waals surface area contributed by atoms with Crippen molar-refractivity contribution in [1.29, 1.82) is 0 Å². The van der Waals surface area contributed by atoms with Crippen LogP contribution >= 0.6 is 11.6 Å². The number of aromatic nitrogens is 2. The molecule has 5 nitrogen and oxygen atoms in total. The Hall–Kier alpha value is -2.63. The molecular weight excluding hydrogens is 492 g/mol. The van der Waals surface area contributed by atoms with E-state index in [4.69, 9.17) is 16.7 Å². The fourth-order valence-electron chi connectivity index (χ4n) is 5.00. The smallest absolute Gasteiger partial charge is 0.253 e. The van der Waals surface area contributed by atoms with E-state index in [0.717, 1.165) is 67.9 Å². The number of amides is 1. The minimum absolute atomic E-state index is 0.0996. The van der Waals surface area contributed by atoms with Gasteiger partial charge in [0.05, 0.1) is 5.52 Å². The SMILES string of the molecule is CC(C)CCN(CCC(C)C)C(=O)c1ccn2nc(-c3cccc(Cl)c3)c(C=CCN3CCCCC3)c2c1. The summed E-state index contributed by atoms with van der Waals surface area (Å²) in [4.78, 5) is 18.3. The highest BCUT2D eigenvalue weighted by molar-refractivity contribution is 6.30. The second-order valence-corrected chi connectivity index (χ2v) is 11.9. The molecule has 4 rings (SSSR count). The van der Waals surface area contributed by atoms with Crippen LogP contribution in [0.25, 0.3) is 22.9 Å².